The third-order valence-electron chi connectivity index (χ3n) is 5.99. The number of aliphatic imine (C=N–C) groups is 1. The molecule has 3 rings (SSSR count). The number of carbonyl (C=O) groups excluding carboxylic acids is 1. The summed E-state index contributed by atoms with van der Waals surface area (Å²) in [6.07, 6.45) is 2.10. The number of anilines is 1. The van der Waals surface area contributed by atoms with Crippen molar-refractivity contribution in [2.75, 3.05) is 84.0 Å². The van der Waals surface area contributed by atoms with E-state index in [9.17, 15) is 4.79 Å². The van der Waals surface area contributed by atoms with Crippen LogP contribution in [0, 0.1) is 0 Å². The first-order chi connectivity index (χ1) is 15.2. The Kier molecular flexibility index (Phi) is 11.9. The van der Waals surface area contributed by atoms with Gasteiger partial charge in [0.2, 0.25) is 0 Å². The van der Waals surface area contributed by atoms with Crippen LogP contribution in [0.5, 0.6) is 0 Å². The van der Waals surface area contributed by atoms with Crippen molar-refractivity contribution < 1.29 is 9.53 Å². The van der Waals surface area contributed by atoms with Gasteiger partial charge in [-0.25, -0.2) is 4.79 Å². The molecule has 9 heteroatoms. The number of ether oxygens (including phenoxy) is 1. The summed E-state index contributed by atoms with van der Waals surface area (Å²) in [5.74, 6) is 0.931. The van der Waals surface area contributed by atoms with Crippen molar-refractivity contribution in [3.8, 4) is 0 Å². The highest BCUT2D eigenvalue weighted by molar-refractivity contribution is 14.0. The van der Waals surface area contributed by atoms with E-state index in [1.807, 2.05) is 14.0 Å². The molecule has 180 valence electrons. The second-order valence-electron chi connectivity index (χ2n) is 8.02. The number of halogens is 1. The Hall–Kier alpha value is -1.75. The van der Waals surface area contributed by atoms with E-state index < -0.39 is 0 Å². The average molecular weight is 559 g/mol. The summed E-state index contributed by atoms with van der Waals surface area (Å²) in [7, 11) is 1.83. The Bertz CT molecular complexity index is 689. The number of benzene rings is 1. The molecule has 1 aromatic carbocycles. The molecule has 0 aliphatic carbocycles. The summed E-state index contributed by atoms with van der Waals surface area (Å²) < 4.78 is 5.09. The van der Waals surface area contributed by atoms with Crippen molar-refractivity contribution in [1.82, 2.24) is 20.0 Å². The lowest BCUT2D eigenvalue weighted by Gasteiger charge is -2.36. The summed E-state index contributed by atoms with van der Waals surface area (Å²) >= 11 is 0. The Morgan fingerprint density at radius 1 is 0.969 bits per heavy atom. The van der Waals surface area contributed by atoms with Crippen LogP contribution in [-0.2, 0) is 4.74 Å². The third-order valence-corrected chi connectivity index (χ3v) is 5.99. The number of hydrogen-bond donors (Lipinski definition) is 1. The summed E-state index contributed by atoms with van der Waals surface area (Å²) in [6.45, 7) is 11.7. The van der Waals surface area contributed by atoms with Gasteiger partial charge in [0, 0.05) is 71.6 Å². The highest BCUT2D eigenvalue weighted by atomic mass is 127. The minimum Gasteiger partial charge on any atom is -0.450 e. The Labute approximate surface area is 210 Å². The van der Waals surface area contributed by atoms with Crippen LogP contribution in [0.15, 0.2) is 35.3 Å². The molecule has 2 heterocycles. The quantitative estimate of drug-likeness (QED) is 0.240. The maximum atomic E-state index is 11.8. The van der Waals surface area contributed by atoms with Gasteiger partial charge in [0.25, 0.3) is 0 Å². The van der Waals surface area contributed by atoms with Crippen LogP contribution < -0.4 is 10.2 Å². The average Bonchev–Trinajstić information content (AvgIpc) is 2.83. The van der Waals surface area contributed by atoms with E-state index >= 15 is 0 Å². The molecule has 0 bridgehead atoms. The number of para-hydroxylation sites is 1. The summed E-state index contributed by atoms with van der Waals surface area (Å²) in [6, 6.07) is 10.7. The molecule has 2 fully saturated rings. The predicted molar refractivity (Wildman–Crippen MR) is 141 cm³/mol. The van der Waals surface area contributed by atoms with Crippen LogP contribution in [0.1, 0.15) is 19.8 Å². The van der Waals surface area contributed by atoms with E-state index in [2.05, 4.69) is 55.3 Å². The first kappa shape index (κ1) is 26.5. The molecule has 1 amide bonds. The second-order valence-corrected chi connectivity index (χ2v) is 8.02. The number of nitrogens with zero attached hydrogens (tertiary/aromatic N) is 5. The zero-order chi connectivity index (χ0) is 21.9. The van der Waals surface area contributed by atoms with Crippen molar-refractivity contribution in [3.05, 3.63) is 30.3 Å². The van der Waals surface area contributed by atoms with Crippen LogP contribution in [0.2, 0.25) is 0 Å². The Morgan fingerprint density at radius 3 is 2.25 bits per heavy atom. The Morgan fingerprint density at radius 2 is 1.62 bits per heavy atom. The lowest BCUT2D eigenvalue weighted by molar-refractivity contribution is 0.0914. The van der Waals surface area contributed by atoms with Gasteiger partial charge in [-0.1, -0.05) is 18.2 Å². The maximum absolute atomic E-state index is 11.8. The van der Waals surface area contributed by atoms with Gasteiger partial charge in [-0.05, 0) is 38.4 Å². The number of rotatable bonds is 7. The summed E-state index contributed by atoms with van der Waals surface area (Å²) in [5.41, 5.74) is 1.33. The number of piperazine rings is 2. The number of guanidine groups is 1. The van der Waals surface area contributed by atoms with Crippen LogP contribution >= 0.6 is 24.0 Å². The van der Waals surface area contributed by atoms with E-state index in [4.69, 9.17) is 4.74 Å². The van der Waals surface area contributed by atoms with Gasteiger partial charge in [-0.3, -0.25) is 9.89 Å². The number of hydrogen-bond acceptors (Lipinski definition) is 5. The Balaban J connectivity index is 0.00000363. The fourth-order valence-electron chi connectivity index (χ4n) is 4.18. The van der Waals surface area contributed by atoms with Crippen LogP contribution in [0.25, 0.3) is 0 Å². The summed E-state index contributed by atoms with van der Waals surface area (Å²) in [5, 5.41) is 3.49. The third kappa shape index (κ3) is 7.99. The van der Waals surface area contributed by atoms with Gasteiger partial charge in [0.05, 0.1) is 6.61 Å². The van der Waals surface area contributed by atoms with E-state index in [1.165, 1.54) is 12.1 Å². The molecule has 8 nitrogen and oxygen atoms in total. The zero-order valence-electron chi connectivity index (χ0n) is 19.5. The van der Waals surface area contributed by atoms with E-state index in [0.717, 1.165) is 64.7 Å². The molecule has 0 aromatic heterocycles. The molecule has 2 saturated heterocycles. The van der Waals surface area contributed by atoms with Crippen molar-refractivity contribution in [2.24, 2.45) is 4.99 Å². The lowest BCUT2D eigenvalue weighted by Crippen LogP contribution is -2.54. The summed E-state index contributed by atoms with van der Waals surface area (Å²) in [4.78, 5) is 25.3. The normalized spacial score (nSPS) is 17.7. The van der Waals surface area contributed by atoms with Crippen LogP contribution in [0.3, 0.4) is 0 Å². The molecular weight excluding hydrogens is 519 g/mol. The largest absolute Gasteiger partial charge is 0.450 e. The van der Waals surface area contributed by atoms with Crippen molar-refractivity contribution in [2.45, 2.75) is 19.8 Å². The predicted octanol–water partition coefficient (Wildman–Crippen LogP) is 2.56. The molecule has 2 aliphatic heterocycles. The number of unbranched alkanes of at least 4 members (excludes halogenated alkanes) is 1. The monoisotopic (exact) mass is 558 g/mol. The number of carbonyl (C=O) groups is 1. The first-order valence-electron chi connectivity index (χ1n) is 11.6. The fraction of sp³-hybridized carbons (Fsp3) is 0.652. The molecule has 1 N–H and O–H groups in total. The second kappa shape index (κ2) is 14.4. The van der Waals surface area contributed by atoms with Gasteiger partial charge < -0.3 is 24.8 Å². The molecule has 0 spiro atoms. The van der Waals surface area contributed by atoms with Crippen LogP contribution in [0.4, 0.5) is 10.5 Å². The standard InChI is InChI=1S/C23H38N6O2.HI/c1-3-31-23(30)29-19-17-28(18-20-29)22(24-2)25-11-7-8-12-26-13-15-27(16-14-26)21-9-5-4-6-10-21;/h4-6,9-10H,3,7-8,11-20H2,1-2H3,(H,24,25);1H. The van der Waals surface area contributed by atoms with Gasteiger partial charge >= 0.3 is 6.09 Å². The SMILES string of the molecule is CCOC(=O)N1CCN(C(=NC)NCCCCN2CCN(c3ccccc3)CC2)CC1.I. The topological polar surface area (TPSA) is 63.7 Å². The van der Waals surface area contributed by atoms with Crippen molar-refractivity contribution in [1.29, 1.82) is 0 Å². The molecule has 1 aromatic rings. The van der Waals surface area contributed by atoms with E-state index in [1.54, 1.807) is 4.90 Å². The molecule has 0 radical (unpaired) electrons. The van der Waals surface area contributed by atoms with E-state index in [0.29, 0.717) is 19.7 Å². The molecule has 0 saturated carbocycles. The first-order valence-corrected chi connectivity index (χ1v) is 11.6. The van der Waals surface area contributed by atoms with Gasteiger partial charge in [-0.2, -0.15) is 0 Å². The molecule has 0 atom stereocenters. The number of nitrogens with one attached hydrogen (secondary N) is 1. The maximum Gasteiger partial charge on any atom is 0.409 e. The highest BCUT2D eigenvalue weighted by Crippen LogP contribution is 2.15. The van der Waals surface area contributed by atoms with E-state index in [-0.39, 0.29) is 30.1 Å². The van der Waals surface area contributed by atoms with Gasteiger partial charge in [0.1, 0.15) is 0 Å². The molecular formula is C23H39IN6O2. The molecule has 2 aliphatic rings. The smallest absolute Gasteiger partial charge is 0.409 e. The zero-order valence-corrected chi connectivity index (χ0v) is 21.9. The fourth-order valence-corrected chi connectivity index (χ4v) is 4.18. The molecule has 32 heavy (non-hydrogen) atoms. The van der Waals surface area contributed by atoms with Crippen molar-refractivity contribution >= 4 is 41.7 Å². The van der Waals surface area contributed by atoms with Crippen molar-refractivity contribution in [3.63, 3.8) is 0 Å². The number of amides is 1. The minimum atomic E-state index is -0.213. The van der Waals surface area contributed by atoms with Crippen LogP contribution in [-0.4, -0.2) is 106 Å². The highest BCUT2D eigenvalue weighted by Gasteiger charge is 2.23. The lowest BCUT2D eigenvalue weighted by atomic mass is 10.2. The van der Waals surface area contributed by atoms with Gasteiger partial charge in [-0.15, -0.1) is 24.0 Å². The van der Waals surface area contributed by atoms with Gasteiger partial charge in [0.15, 0.2) is 5.96 Å². The molecule has 0 unspecified atom stereocenters. The minimum absolute atomic E-state index is 0.